The summed E-state index contributed by atoms with van der Waals surface area (Å²) < 4.78 is 5.14. The Balaban J connectivity index is 1.77. The van der Waals surface area contributed by atoms with Crippen molar-refractivity contribution in [1.82, 2.24) is 0 Å². The fourth-order valence-corrected chi connectivity index (χ4v) is 3.16. The van der Waals surface area contributed by atoms with Crippen LogP contribution < -0.4 is 5.32 Å². The lowest BCUT2D eigenvalue weighted by molar-refractivity contribution is -0.117. The number of carbonyl (C=O) groups is 1. The van der Waals surface area contributed by atoms with Crippen molar-refractivity contribution in [2.45, 2.75) is 31.8 Å². The van der Waals surface area contributed by atoms with E-state index in [-0.39, 0.29) is 11.8 Å². The van der Waals surface area contributed by atoms with Crippen LogP contribution in [0, 0.1) is 0 Å². The lowest BCUT2D eigenvalue weighted by Crippen LogP contribution is -2.24. The lowest BCUT2D eigenvalue weighted by atomic mass is 9.82. The molecule has 0 spiro atoms. The van der Waals surface area contributed by atoms with Crippen molar-refractivity contribution in [2.75, 3.05) is 12.4 Å². The summed E-state index contributed by atoms with van der Waals surface area (Å²) in [4.78, 5) is 12.7. The molecule has 1 amide bonds. The van der Waals surface area contributed by atoms with Gasteiger partial charge in [0.05, 0.1) is 12.5 Å². The fraction of sp³-hybridized carbons (Fsp3) is 0.316. The van der Waals surface area contributed by atoms with Crippen LogP contribution in [-0.2, 0) is 22.6 Å². The zero-order valence-electron chi connectivity index (χ0n) is 12.8. The summed E-state index contributed by atoms with van der Waals surface area (Å²) in [6.45, 7) is 0.552. The molecule has 0 fully saturated rings. The van der Waals surface area contributed by atoms with Gasteiger partial charge >= 0.3 is 0 Å². The Hall–Kier alpha value is -2.13. The molecule has 0 saturated heterocycles. The standard InChI is InChI=1S/C19H21NO2/c1-22-13-14-6-4-9-16(12-14)20-19(21)18-11-5-8-15-7-2-3-10-17(15)18/h2-4,6-7,9-10,12,18H,5,8,11,13H2,1H3,(H,20,21)/t18-/m0/s1. The fourth-order valence-electron chi connectivity index (χ4n) is 3.16. The Morgan fingerprint density at radius 1 is 1.23 bits per heavy atom. The van der Waals surface area contributed by atoms with Crippen LogP contribution in [0.15, 0.2) is 48.5 Å². The smallest absolute Gasteiger partial charge is 0.231 e. The number of nitrogens with one attached hydrogen (secondary N) is 1. The van der Waals surface area contributed by atoms with Gasteiger partial charge in [0.15, 0.2) is 0 Å². The van der Waals surface area contributed by atoms with Crippen LogP contribution in [0.25, 0.3) is 0 Å². The first-order chi connectivity index (χ1) is 10.8. The van der Waals surface area contributed by atoms with Crippen molar-refractivity contribution < 1.29 is 9.53 Å². The number of methoxy groups -OCH3 is 1. The van der Waals surface area contributed by atoms with Crippen LogP contribution in [0.1, 0.15) is 35.4 Å². The van der Waals surface area contributed by atoms with E-state index in [0.29, 0.717) is 6.61 Å². The number of benzene rings is 2. The molecule has 3 heteroatoms. The largest absolute Gasteiger partial charge is 0.380 e. The van der Waals surface area contributed by atoms with E-state index in [9.17, 15) is 4.79 Å². The Kier molecular flexibility index (Phi) is 4.54. The number of hydrogen-bond acceptors (Lipinski definition) is 2. The van der Waals surface area contributed by atoms with E-state index in [1.807, 2.05) is 36.4 Å². The third-order valence-corrected chi connectivity index (χ3v) is 4.19. The molecule has 22 heavy (non-hydrogen) atoms. The second kappa shape index (κ2) is 6.75. The number of fused-ring (bicyclic) bond motifs is 1. The maximum Gasteiger partial charge on any atom is 0.231 e. The first-order valence-electron chi connectivity index (χ1n) is 7.74. The molecule has 0 unspecified atom stereocenters. The summed E-state index contributed by atoms with van der Waals surface area (Å²) in [6, 6.07) is 16.1. The van der Waals surface area contributed by atoms with E-state index in [2.05, 4.69) is 17.4 Å². The van der Waals surface area contributed by atoms with Gasteiger partial charge in [-0.3, -0.25) is 4.79 Å². The highest BCUT2D eigenvalue weighted by Crippen LogP contribution is 2.32. The number of hydrogen-bond donors (Lipinski definition) is 1. The summed E-state index contributed by atoms with van der Waals surface area (Å²) in [6.07, 6.45) is 3.06. The minimum absolute atomic E-state index is 0.0453. The van der Waals surface area contributed by atoms with Crippen LogP contribution in [0.5, 0.6) is 0 Å². The Morgan fingerprint density at radius 3 is 2.95 bits per heavy atom. The van der Waals surface area contributed by atoms with E-state index in [1.165, 1.54) is 11.1 Å². The molecule has 3 nitrogen and oxygen atoms in total. The lowest BCUT2D eigenvalue weighted by Gasteiger charge is -2.24. The Morgan fingerprint density at radius 2 is 2.09 bits per heavy atom. The van der Waals surface area contributed by atoms with E-state index in [0.717, 1.165) is 30.5 Å². The third-order valence-electron chi connectivity index (χ3n) is 4.19. The third kappa shape index (κ3) is 3.20. The topological polar surface area (TPSA) is 38.3 Å². The van der Waals surface area contributed by atoms with Gasteiger partial charge in [-0.25, -0.2) is 0 Å². The molecule has 2 aromatic carbocycles. The van der Waals surface area contributed by atoms with Gasteiger partial charge in [-0.2, -0.15) is 0 Å². The molecular weight excluding hydrogens is 274 g/mol. The summed E-state index contributed by atoms with van der Waals surface area (Å²) >= 11 is 0. The van der Waals surface area contributed by atoms with Gasteiger partial charge in [-0.05, 0) is 48.1 Å². The van der Waals surface area contributed by atoms with Gasteiger partial charge < -0.3 is 10.1 Å². The van der Waals surface area contributed by atoms with Crippen molar-refractivity contribution >= 4 is 11.6 Å². The molecular formula is C19H21NO2. The molecule has 1 atom stereocenters. The van der Waals surface area contributed by atoms with Gasteiger partial charge in [-0.1, -0.05) is 36.4 Å². The maximum atomic E-state index is 12.7. The predicted octanol–water partition coefficient (Wildman–Crippen LogP) is 3.89. The van der Waals surface area contributed by atoms with E-state index in [4.69, 9.17) is 4.74 Å². The SMILES string of the molecule is COCc1cccc(NC(=O)[C@H]2CCCc3ccccc32)c1. The van der Waals surface area contributed by atoms with E-state index < -0.39 is 0 Å². The average Bonchev–Trinajstić information content (AvgIpc) is 2.55. The highest BCUT2D eigenvalue weighted by Gasteiger charge is 2.26. The van der Waals surface area contributed by atoms with Gasteiger partial charge in [0.2, 0.25) is 5.91 Å². The molecule has 1 aliphatic rings. The van der Waals surface area contributed by atoms with E-state index >= 15 is 0 Å². The van der Waals surface area contributed by atoms with Crippen molar-refractivity contribution in [3.05, 3.63) is 65.2 Å². The summed E-state index contributed by atoms with van der Waals surface area (Å²) in [5.41, 5.74) is 4.38. The Labute approximate surface area is 131 Å². The molecule has 2 aromatic rings. The summed E-state index contributed by atoms with van der Waals surface area (Å²) in [7, 11) is 1.67. The first kappa shape index (κ1) is 14.8. The zero-order chi connectivity index (χ0) is 15.4. The number of aryl methyl sites for hydroxylation is 1. The van der Waals surface area contributed by atoms with Crippen LogP contribution in [0.4, 0.5) is 5.69 Å². The number of rotatable bonds is 4. The Bertz CT molecular complexity index is 666. The quantitative estimate of drug-likeness (QED) is 0.929. The second-order valence-corrected chi connectivity index (χ2v) is 5.77. The molecule has 0 aromatic heterocycles. The van der Waals surface area contributed by atoms with Crippen LogP contribution in [0.2, 0.25) is 0 Å². The number of anilines is 1. The van der Waals surface area contributed by atoms with Crippen molar-refractivity contribution in [3.8, 4) is 0 Å². The number of carbonyl (C=O) groups excluding carboxylic acids is 1. The molecule has 0 aliphatic heterocycles. The van der Waals surface area contributed by atoms with E-state index in [1.54, 1.807) is 7.11 Å². The van der Waals surface area contributed by atoms with Crippen LogP contribution >= 0.6 is 0 Å². The zero-order valence-corrected chi connectivity index (χ0v) is 12.8. The predicted molar refractivity (Wildman–Crippen MR) is 87.9 cm³/mol. The van der Waals surface area contributed by atoms with Crippen LogP contribution in [-0.4, -0.2) is 13.0 Å². The molecule has 0 heterocycles. The number of ether oxygens (including phenoxy) is 1. The minimum atomic E-state index is -0.0453. The van der Waals surface area contributed by atoms with Gasteiger partial charge in [-0.15, -0.1) is 0 Å². The van der Waals surface area contributed by atoms with Gasteiger partial charge in [0.1, 0.15) is 0 Å². The van der Waals surface area contributed by atoms with Crippen molar-refractivity contribution in [2.24, 2.45) is 0 Å². The highest BCUT2D eigenvalue weighted by molar-refractivity contribution is 5.96. The molecule has 1 aliphatic carbocycles. The van der Waals surface area contributed by atoms with Gasteiger partial charge in [0, 0.05) is 12.8 Å². The molecule has 0 radical (unpaired) electrons. The number of amides is 1. The maximum absolute atomic E-state index is 12.7. The molecule has 114 valence electrons. The highest BCUT2D eigenvalue weighted by atomic mass is 16.5. The van der Waals surface area contributed by atoms with Gasteiger partial charge in [0.25, 0.3) is 0 Å². The average molecular weight is 295 g/mol. The monoisotopic (exact) mass is 295 g/mol. The van der Waals surface area contributed by atoms with Crippen LogP contribution in [0.3, 0.4) is 0 Å². The first-order valence-corrected chi connectivity index (χ1v) is 7.74. The summed E-state index contributed by atoms with van der Waals surface area (Å²) in [5, 5.41) is 3.06. The second-order valence-electron chi connectivity index (χ2n) is 5.77. The minimum Gasteiger partial charge on any atom is -0.380 e. The molecule has 0 bridgehead atoms. The van der Waals surface area contributed by atoms with Crippen molar-refractivity contribution in [1.29, 1.82) is 0 Å². The normalized spacial score (nSPS) is 16.9. The molecule has 0 saturated carbocycles. The summed E-state index contributed by atoms with van der Waals surface area (Å²) in [5.74, 6) is 0.0396. The van der Waals surface area contributed by atoms with Crippen molar-refractivity contribution in [3.63, 3.8) is 0 Å². The molecule has 1 N–H and O–H groups in total. The molecule has 3 rings (SSSR count).